The third-order valence-corrected chi connectivity index (χ3v) is 5.92. The lowest BCUT2D eigenvalue weighted by Gasteiger charge is -2.26. The molecule has 2 aliphatic rings. The van der Waals surface area contributed by atoms with Crippen LogP contribution >= 0.6 is 0 Å². The standard InChI is InChI=1S/C25H31FN2O4/c26-24-6-2-1-5-23(24)25(29)28(19-22-4-3-14-31-22)18-20-7-9-21(10-8-20)32-17-13-27-11-15-30-16-12-27/h1-2,5-10,22H,3-4,11-19H2/t22-/m0/s1. The third kappa shape index (κ3) is 6.28. The maximum atomic E-state index is 14.3. The Labute approximate surface area is 188 Å². The zero-order valence-electron chi connectivity index (χ0n) is 18.4. The Hall–Kier alpha value is -2.48. The van der Waals surface area contributed by atoms with Crippen molar-refractivity contribution in [1.82, 2.24) is 9.80 Å². The Kier molecular flexibility index (Phi) is 8.09. The van der Waals surface area contributed by atoms with Gasteiger partial charge >= 0.3 is 0 Å². The van der Waals surface area contributed by atoms with Gasteiger partial charge in [0.25, 0.3) is 5.91 Å². The molecule has 0 aliphatic carbocycles. The molecule has 2 aliphatic heterocycles. The molecule has 7 heteroatoms. The van der Waals surface area contributed by atoms with E-state index in [0.29, 0.717) is 26.3 Å². The number of hydrogen-bond acceptors (Lipinski definition) is 5. The monoisotopic (exact) mass is 442 g/mol. The zero-order chi connectivity index (χ0) is 22.2. The van der Waals surface area contributed by atoms with E-state index in [0.717, 1.165) is 57.0 Å². The average Bonchev–Trinajstić information content (AvgIpc) is 3.34. The first-order valence-electron chi connectivity index (χ1n) is 11.4. The molecule has 2 fully saturated rings. The first-order chi connectivity index (χ1) is 15.7. The number of hydrogen-bond donors (Lipinski definition) is 0. The number of halogens is 1. The molecule has 2 heterocycles. The van der Waals surface area contributed by atoms with E-state index >= 15 is 0 Å². The van der Waals surface area contributed by atoms with Crippen molar-refractivity contribution >= 4 is 5.91 Å². The van der Waals surface area contributed by atoms with Crippen molar-refractivity contribution in [3.63, 3.8) is 0 Å². The molecule has 0 radical (unpaired) electrons. The Morgan fingerprint density at radius 2 is 1.88 bits per heavy atom. The van der Waals surface area contributed by atoms with Gasteiger partial charge in [0, 0.05) is 39.3 Å². The van der Waals surface area contributed by atoms with Gasteiger partial charge in [-0.1, -0.05) is 24.3 Å². The van der Waals surface area contributed by atoms with Gasteiger partial charge in [0.05, 0.1) is 24.9 Å². The van der Waals surface area contributed by atoms with Crippen LogP contribution in [0.3, 0.4) is 0 Å². The van der Waals surface area contributed by atoms with Crippen molar-refractivity contribution in [3.8, 4) is 5.75 Å². The van der Waals surface area contributed by atoms with E-state index in [1.165, 1.54) is 12.1 Å². The summed E-state index contributed by atoms with van der Waals surface area (Å²) in [5.41, 5.74) is 1.06. The van der Waals surface area contributed by atoms with E-state index in [2.05, 4.69) is 4.90 Å². The van der Waals surface area contributed by atoms with E-state index < -0.39 is 5.82 Å². The molecule has 0 spiro atoms. The summed E-state index contributed by atoms with van der Waals surface area (Å²) in [5, 5.41) is 0. The molecule has 2 aromatic rings. The van der Waals surface area contributed by atoms with Gasteiger partial charge in [0.15, 0.2) is 0 Å². The van der Waals surface area contributed by atoms with Crippen LogP contribution in [-0.4, -0.2) is 74.4 Å². The van der Waals surface area contributed by atoms with Gasteiger partial charge in [-0.3, -0.25) is 9.69 Å². The lowest BCUT2D eigenvalue weighted by molar-refractivity contribution is 0.0322. The minimum Gasteiger partial charge on any atom is -0.492 e. The minimum atomic E-state index is -0.501. The summed E-state index contributed by atoms with van der Waals surface area (Å²) in [6.07, 6.45) is 1.90. The molecule has 1 atom stereocenters. The number of carbonyl (C=O) groups is 1. The lowest BCUT2D eigenvalue weighted by atomic mass is 10.1. The Morgan fingerprint density at radius 3 is 2.59 bits per heavy atom. The smallest absolute Gasteiger partial charge is 0.257 e. The van der Waals surface area contributed by atoms with Crippen molar-refractivity contribution in [2.75, 3.05) is 52.6 Å². The minimum absolute atomic E-state index is 0.00600. The highest BCUT2D eigenvalue weighted by Gasteiger charge is 2.25. The second-order valence-corrected chi connectivity index (χ2v) is 8.25. The SMILES string of the molecule is O=C(c1ccccc1F)N(Cc1ccc(OCCN2CCOCC2)cc1)C[C@@H]1CCCO1. The second kappa shape index (κ2) is 11.4. The molecule has 6 nitrogen and oxygen atoms in total. The van der Waals surface area contributed by atoms with Crippen LogP contribution in [-0.2, 0) is 16.0 Å². The van der Waals surface area contributed by atoms with Crippen LogP contribution in [0.1, 0.15) is 28.8 Å². The maximum Gasteiger partial charge on any atom is 0.257 e. The zero-order valence-corrected chi connectivity index (χ0v) is 18.4. The Bertz CT molecular complexity index is 865. The fourth-order valence-electron chi connectivity index (χ4n) is 4.09. The highest BCUT2D eigenvalue weighted by Crippen LogP contribution is 2.20. The van der Waals surface area contributed by atoms with Gasteiger partial charge in [-0.15, -0.1) is 0 Å². The van der Waals surface area contributed by atoms with Gasteiger partial charge < -0.3 is 19.1 Å². The molecule has 0 saturated carbocycles. The number of carbonyl (C=O) groups excluding carboxylic acids is 1. The van der Waals surface area contributed by atoms with E-state index in [4.69, 9.17) is 14.2 Å². The summed E-state index contributed by atoms with van der Waals surface area (Å²) in [6.45, 7) is 6.49. The first kappa shape index (κ1) is 22.7. The predicted molar refractivity (Wildman–Crippen MR) is 119 cm³/mol. The highest BCUT2D eigenvalue weighted by molar-refractivity contribution is 5.94. The largest absolute Gasteiger partial charge is 0.492 e. The number of benzene rings is 2. The molecule has 2 aromatic carbocycles. The molecule has 2 saturated heterocycles. The maximum absolute atomic E-state index is 14.3. The summed E-state index contributed by atoms with van der Waals surface area (Å²) >= 11 is 0. The number of rotatable bonds is 9. The van der Waals surface area contributed by atoms with Crippen molar-refractivity contribution < 1.29 is 23.4 Å². The van der Waals surface area contributed by atoms with Crippen molar-refractivity contribution in [1.29, 1.82) is 0 Å². The van der Waals surface area contributed by atoms with E-state index in [9.17, 15) is 9.18 Å². The molecule has 0 N–H and O–H groups in total. The van der Waals surface area contributed by atoms with Gasteiger partial charge in [0.2, 0.25) is 0 Å². The molecule has 32 heavy (non-hydrogen) atoms. The number of nitrogens with zero attached hydrogens (tertiary/aromatic N) is 2. The van der Waals surface area contributed by atoms with Crippen LogP contribution in [0.5, 0.6) is 5.75 Å². The number of ether oxygens (including phenoxy) is 3. The third-order valence-electron chi connectivity index (χ3n) is 5.92. The second-order valence-electron chi connectivity index (χ2n) is 8.25. The fraction of sp³-hybridized carbons (Fsp3) is 0.480. The van der Waals surface area contributed by atoms with Gasteiger partial charge in [-0.25, -0.2) is 4.39 Å². The Balaban J connectivity index is 1.36. The number of amides is 1. The summed E-state index contributed by atoms with van der Waals surface area (Å²) in [7, 11) is 0. The molecule has 172 valence electrons. The molecule has 1 amide bonds. The lowest BCUT2D eigenvalue weighted by Crippen LogP contribution is -2.38. The van der Waals surface area contributed by atoms with Crippen LogP contribution < -0.4 is 4.74 Å². The number of morpholine rings is 1. The van der Waals surface area contributed by atoms with Crippen LogP contribution in [0.15, 0.2) is 48.5 Å². The topological polar surface area (TPSA) is 51.2 Å². The quantitative estimate of drug-likeness (QED) is 0.596. The van der Waals surface area contributed by atoms with Crippen LogP contribution in [0, 0.1) is 5.82 Å². The summed E-state index contributed by atoms with van der Waals surface area (Å²) in [6, 6.07) is 13.9. The van der Waals surface area contributed by atoms with Gasteiger partial charge in [-0.2, -0.15) is 0 Å². The van der Waals surface area contributed by atoms with Crippen LogP contribution in [0.4, 0.5) is 4.39 Å². The molecule has 0 aromatic heterocycles. The molecule has 0 bridgehead atoms. The van der Waals surface area contributed by atoms with Crippen LogP contribution in [0.25, 0.3) is 0 Å². The molecular weight excluding hydrogens is 411 g/mol. The van der Waals surface area contributed by atoms with Gasteiger partial charge in [0.1, 0.15) is 18.2 Å². The normalized spacial score (nSPS) is 19.1. The average molecular weight is 443 g/mol. The van der Waals surface area contributed by atoms with E-state index in [1.807, 2.05) is 24.3 Å². The first-order valence-corrected chi connectivity index (χ1v) is 11.4. The van der Waals surface area contributed by atoms with Gasteiger partial charge in [-0.05, 0) is 42.7 Å². The van der Waals surface area contributed by atoms with E-state index in [1.54, 1.807) is 17.0 Å². The molecule has 4 rings (SSSR count). The fourth-order valence-corrected chi connectivity index (χ4v) is 4.09. The van der Waals surface area contributed by atoms with Crippen molar-refractivity contribution in [3.05, 3.63) is 65.5 Å². The Morgan fingerprint density at radius 1 is 1.09 bits per heavy atom. The summed E-state index contributed by atoms with van der Waals surface area (Å²) < 4.78 is 31.2. The highest BCUT2D eigenvalue weighted by atomic mass is 19.1. The summed E-state index contributed by atoms with van der Waals surface area (Å²) in [4.78, 5) is 17.1. The van der Waals surface area contributed by atoms with E-state index in [-0.39, 0.29) is 17.6 Å². The molecular formula is C25H31FN2O4. The predicted octanol–water partition coefficient (Wildman–Crippen LogP) is 3.36. The van der Waals surface area contributed by atoms with Crippen molar-refractivity contribution in [2.45, 2.75) is 25.5 Å². The summed E-state index contributed by atoms with van der Waals surface area (Å²) in [5.74, 6) is -0.0172. The van der Waals surface area contributed by atoms with Crippen molar-refractivity contribution in [2.24, 2.45) is 0 Å². The van der Waals surface area contributed by atoms with Crippen LogP contribution in [0.2, 0.25) is 0 Å². The molecule has 0 unspecified atom stereocenters.